The zero-order chi connectivity index (χ0) is 20.2. The summed E-state index contributed by atoms with van der Waals surface area (Å²) >= 11 is 0. The Hall–Kier alpha value is -3.05. The summed E-state index contributed by atoms with van der Waals surface area (Å²) in [5, 5.41) is 24.8. The monoisotopic (exact) mass is 396 g/mol. The van der Waals surface area contributed by atoms with Gasteiger partial charge < -0.3 is 10.4 Å². The van der Waals surface area contributed by atoms with Crippen LogP contribution in [0.5, 0.6) is 5.75 Å². The summed E-state index contributed by atoms with van der Waals surface area (Å²) in [5.74, 6) is -1.80. The van der Waals surface area contributed by atoms with Gasteiger partial charge in [-0.1, -0.05) is 6.07 Å². The molecule has 0 radical (unpaired) electrons. The third-order valence-electron chi connectivity index (χ3n) is 3.62. The number of amides is 1. The number of benzene rings is 2. The predicted octanol–water partition coefficient (Wildman–Crippen LogP) is 0.744. The van der Waals surface area contributed by atoms with Gasteiger partial charge in [-0.3, -0.25) is 14.9 Å². The molecule has 0 bridgehead atoms. The summed E-state index contributed by atoms with van der Waals surface area (Å²) in [6.07, 6.45) is 0. The number of sulfonamides is 1. The number of carbonyl (C=O) groups is 1. The number of carbonyl (C=O) groups excluding carboxylic acids is 1. The first kappa shape index (κ1) is 20.3. The fourth-order valence-corrected chi connectivity index (χ4v) is 3.27. The molecule has 0 unspecified atom stereocenters. The molecule has 0 fully saturated rings. The molecule has 2 aromatic carbocycles. The Morgan fingerprint density at radius 1 is 1.22 bits per heavy atom. The van der Waals surface area contributed by atoms with Crippen molar-refractivity contribution in [3.63, 3.8) is 0 Å². The van der Waals surface area contributed by atoms with Gasteiger partial charge in [0.25, 0.3) is 5.69 Å². The molecule has 0 saturated heterocycles. The van der Waals surface area contributed by atoms with Gasteiger partial charge in [-0.25, -0.2) is 12.8 Å². The van der Waals surface area contributed by atoms with Crippen molar-refractivity contribution < 1.29 is 27.6 Å². The molecule has 0 atom stereocenters. The number of non-ortho nitro benzene ring substituents is 1. The molecule has 0 aliphatic carbocycles. The zero-order valence-corrected chi connectivity index (χ0v) is 14.9. The smallest absolute Gasteiger partial charge is 0.269 e. The summed E-state index contributed by atoms with van der Waals surface area (Å²) < 4.78 is 38.3. The van der Waals surface area contributed by atoms with E-state index in [9.17, 15) is 32.8 Å². The zero-order valence-electron chi connectivity index (χ0n) is 14.1. The van der Waals surface area contributed by atoms with Crippen LogP contribution < -0.4 is 10.4 Å². The number of rotatable bonds is 7. The quantitative estimate of drug-likeness (QED) is 0.542. The van der Waals surface area contributed by atoms with Crippen LogP contribution in [0.25, 0.3) is 0 Å². The Morgan fingerprint density at radius 2 is 1.85 bits per heavy atom. The average molecular weight is 396 g/mol. The molecule has 1 N–H and O–H groups in total. The van der Waals surface area contributed by atoms with Crippen molar-refractivity contribution in [3.8, 4) is 5.75 Å². The molecule has 11 heteroatoms. The third-order valence-corrected chi connectivity index (χ3v) is 5.44. The van der Waals surface area contributed by atoms with Crippen LogP contribution in [0.1, 0.15) is 5.56 Å². The van der Waals surface area contributed by atoms with E-state index in [0.717, 1.165) is 46.8 Å². The fraction of sp³-hybridized carbons (Fsp3) is 0.188. The van der Waals surface area contributed by atoms with E-state index in [-0.39, 0.29) is 22.7 Å². The van der Waals surface area contributed by atoms with E-state index >= 15 is 0 Å². The number of halogens is 1. The predicted molar refractivity (Wildman–Crippen MR) is 90.6 cm³/mol. The highest BCUT2D eigenvalue weighted by molar-refractivity contribution is 7.89. The molecule has 0 spiro atoms. The second-order valence-electron chi connectivity index (χ2n) is 5.54. The molecule has 144 valence electrons. The van der Waals surface area contributed by atoms with E-state index in [2.05, 4.69) is 5.32 Å². The van der Waals surface area contributed by atoms with Crippen molar-refractivity contribution in [3.05, 3.63) is 64.0 Å². The molecule has 9 nitrogen and oxygen atoms in total. The Labute approximate surface area is 154 Å². The summed E-state index contributed by atoms with van der Waals surface area (Å²) in [6, 6.07) is 7.23. The molecule has 2 aromatic rings. The van der Waals surface area contributed by atoms with Gasteiger partial charge in [-0.15, -0.1) is 5.75 Å². The number of nitro groups is 1. The Bertz CT molecular complexity index is 963. The largest absolute Gasteiger partial charge is 0.872 e. The van der Waals surface area contributed by atoms with Gasteiger partial charge in [-0.05, 0) is 29.8 Å². The first-order chi connectivity index (χ1) is 12.6. The molecule has 0 aromatic heterocycles. The molecule has 0 aliphatic rings. The Balaban J connectivity index is 2.02. The minimum Gasteiger partial charge on any atom is -0.872 e. The number of nitrogens with one attached hydrogen (secondary N) is 1. The maximum absolute atomic E-state index is 12.9. The van der Waals surface area contributed by atoms with Gasteiger partial charge in [0, 0.05) is 25.7 Å². The number of nitro benzene ring substituents is 1. The third kappa shape index (κ3) is 4.99. The minimum absolute atomic E-state index is 0.00148. The summed E-state index contributed by atoms with van der Waals surface area (Å²) in [4.78, 5) is 21.9. The van der Waals surface area contributed by atoms with Crippen LogP contribution in [0.15, 0.2) is 47.4 Å². The highest BCUT2D eigenvalue weighted by Gasteiger charge is 2.23. The topological polar surface area (TPSA) is 133 Å². The van der Waals surface area contributed by atoms with E-state index < -0.39 is 39.0 Å². The van der Waals surface area contributed by atoms with Crippen LogP contribution in [-0.4, -0.2) is 37.1 Å². The highest BCUT2D eigenvalue weighted by Crippen LogP contribution is 2.20. The number of nitrogens with zero attached hydrogens (tertiary/aromatic N) is 2. The number of hydrogen-bond donors (Lipinski definition) is 1. The van der Waals surface area contributed by atoms with Crippen molar-refractivity contribution in [1.82, 2.24) is 9.62 Å². The first-order valence-electron chi connectivity index (χ1n) is 7.54. The first-order valence-corrected chi connectivity index (χ1v) is 8.98. The van der Waals surface area contributed by atoms with Crippen LogP contribution in [0.2, 0.25) is 0 Å². The average Bonchev–Trinajstić information content (AvgIpc) is 2.61. The Morgan fingerprint density at radius 3 is 2.44 bits per heavy atom. The van der Waals surface area contributed by atoms with Crippen molar-refractivity contribution in [2.75, 3.05) is 13.6 Å². The van der Waals surface area contributed by atoms with Crippen molar-refractivity contribution in [2.24, 2.45) is 0 Å². The lowest BCUT2D eigenvalue weighted by Gasteiger charge is -2.18. The fourth-order valence-electron chi connectivity index (χ4n) is 2.14. The minimum atomic E-state index is -4.01. The van der Waals surface area contributed by atoms with Crippen LogP contribution in [0, 0.1) is 15.9 Å². The van der Waals surface area contributed by atoms with Gasteiger partial charge in [0.15, 0.2) is 0 Å². The molecule has 27 heavy (non-hydrogen) atoms. The summed E-state index contributed by atoms with van der Waals surface area (Å²) in [7, 11) is -2.83. The SMILES string of the molecule is CN(CC(=O)NCc1cc([N+](=O)[O-])ccc1[O-])S(=O)(=O)c1ccc(F)cc1. The lowest BCUT2D eigenvalue weighted by molar-refractivity contribution is -0.385. The maximum Gasteiger partial charge on any atom is 0.269 e. The van der Waals surface area contributed by atoms with Crippen LogP contribution in [0.4, 0.5) is 10.1 Å². The second-order valence-corrected chi connectivity index (χ2v) is 7.59. The van der Waals surface area contributed by atoms with Gasteiger partial charge >= 0.3 is 0 Å². The maximum atomic E-state index is 12.9. The van der Waals surface area contributed by atoms with Crippen molar-refractivity contribution in [1.29, 1.82) is 0 Å². The molecular weight excluding hydrogens is 381 g/mol. The summed E-state index contributed by atoms with van der Waals surface area (Å²) in [6.45, 7) is -0.841. The van der Waals surface area contributed by atoms with E-state index in [1.54, 1.807) is 0 Å². The standard InChI is InChI=1S/C16H16FN3O6S/c1-19(27(25,26)14-5-2-12(17)3-6-14)10-16(22)18-9-11-8-13(20(23)24)4-7-15(11)21/h2-8,21H,9-10H2,1H3,(H,18,22)/p-1. The van der Waals surface area contributed by atoms with Gasteiger partial charge in [0.1, 0.15) is 5.82 Å². The molecule has 0 aliphatic heterocycles. The van der Waals surface area contributed by atoms with Crippen LogP contribution in [0.3, 0.4) is 0 Å². The Kier molecular flexibility index (Phi) is 6.08. The lowest BCUT2D eigenvalue weighted by atomic mass is 10.2. The number of likely N-dealkylation sites (N-methyl/N-ethyl adjacent to an activating group) is 1. The van der Waals surface area contributed by atoms with Crippen molar-refractivity contribution >= 4 is 21.6 Å². The highest BCUT2D eigenvalue weighted by atomic mass is 32.2. The van der Waals surface area contributed by atoms with Gasteiger partial charge in [0.2, 0.25) is 15.9 Å². The summed E-state index contributed by atoms with van der Waals surface area (Å²) in [5.41, 5.74) is -0.295. The van der Waals surface area contributed by atoms with E-state index in [0.29, 0.717) is 0 Å². The lowest BCUT2D eigenvalue weighted by Crippen LogP contribution is -2.38. The second kappa shape index (κ2) is 8.10. The van der Waals surface area contributed by atoms with Crippen LogP contribution >= 0.6 is 0 Å². The van der Waals surface area contributed by atoms with Crippen molar-refractivity contribution in [2.45, 2.75) is 11.4 Å². The molecule has 0 saturated carbocycles. The molecular formula is C16H15FN3O6S-. The van der Waals surface area contributed by atoms with E-state index in [1.165, 1.54) is 7.05 Å². The van der Waals surface area contributed by atoms with Crippen LogP contribution in [-0.2, 0) is 21.4 Å². The molecule has 0 heterocycles. The van der Waals surface area contributed by atoms with Gasteiger partial charge in [-0.2, -0.15) is 4.31 Å². The normalized spacial score (nSPS) is 11.4. The van der Waals surface area contributed by atoms with Gasteiger partial charge in [0.05, 0.1) is 16.4 Å². The van der Waals surface area contributed by atoms with E-state index in [4.69, 9.17) is 0 Å². The number of hydrogen-bond acceptors (Lipinski definition) is 6. The van der Waals surface area contributed by atoms with E-state index in [1.807, 2.05) is 0 Å². The molecule has 2 rings (SSSR count). The molecule has 1 amide bonds.